The summed E-state index contributed by atoms with van der Waals surface area (Å²) >= 11 is 0. The van der Waals surface area contributed by atoms with Crippen molar-refractivity contribution >= 4 is 34.1 Å². The zero-order valence-corrected chi connectivity index (χ0v) is 16.5. The molecular weight excluding hydrogens is 382 g/mol. The van der Waals surface area contributed by atoms with Crippen LogP contribution in [0.3, 0.4) is 0 Å². The van der Waals surface area contributed by atoms with Gasteiger partial charge in [0.05, 0.1) is 12.5 Å². The summed E-state index contributed by atoms with van der Waals surface area (Å²) in [4.78, 5) is 24.8. The lowest BCUT2D eigenvalue weighted by Gasteiger charge is -2.35. The molecule has 0 bridgehead atoms. The van der Waals surface area contributed by atoms with E-state index in [0.29, 0.717) is 22.9 Å². The highest BCUT2D eigenvalue weighted by molar-refractivity contribution is 5.88. The molecule has 0 spiro atoms. The predicted octanol–water partition coefficient (Wildman–Crippen LogP) is 3.03. The van der Waals surface area contributed by atoms with Crippen LogP contribution in [0.15, 0.2) is 53.3 Å². The number of piperazine rings is 1. The van der Waals surface area contributed by atoms with E-state index in [-0.39, 0.29) is 5.91 Å². The standard InChI is InChI=1S/C21H21N7O2/c1-14(29)27-8-10-28(11-9-27)16-6-4-15(5-7-16)23-21-19-17(13-22-26-19)24-20(25-21)18-3-2-12-30-18/h2-7,12-13H,8-11H2,1H3,(H,22,26)(H,23,24,25). The van der Waals surface area contributed by atoms with Crippen LogP contribution in [-0.4, -0.2) is 57.2 Å². The number of hydrogen-bond acceptors (Lipinski definition) is 7. The Labute approximate surface area is 172 Å². The van der Waals surface area contributed by atoms with Gasteiger partial charge in [-0.25, -0.2) is 9.97 Å². The number of amides is 1. The van der Waals surface area contributed by atoms with Gasteiger partial charge in [-0.2, -0.15) is 5.10 Å². The van der Waals surface area contributed by atoms with Crippen molar-refractivity contribution in [3.05, 3.63) is 48.9 Å². The highest BCUT2D eigenvalue weighted by atomic mass is 16.3. The Hall–Kier alpha value is -3.88. The third-order valence-corrected chi connectivity index (χ3v) is 5.26. The van der Waals surface area contributed by atoms with E-state index < -0.39 is 0 Å². The van der Waals surface area contributed by atoms with Crippen molar-refractivity contribution in [1.82, 2.24) is 25.1 Å². The van der Waals surface area contributed by atoms with Gasteiger partial charge in [0.1, 0.15) is 11.0 Å². The Morgan fingerprint density at radius 1 is 1.10 bits per heavy atom. The molecule has 0 aliphatic carbocycles. The molecule has 9 nitrogen and oxygen atoms in total. The van der Waals surface area contributed by atoms with Gasteiger partial charge in [0.15, 0.2) is 17.4 Å². The van der Waals surface area contributed by atoms with Gasteiger partial charge in [-0.3, -0.25) is 9.89 Å². The molecule has 9 heteroatoms. The van der Waals surface area contributed by atoms with Crippen LogP contribution < -0.4 is 10.2 Å². The molecule has 0 atom stereocenters. The number of fused-ring (bicyclic) bond motifs is 1. The molecule has 0 radical (unpaired) electrons. The molecule has 1 aliphatic heterocycles. The molecule has 2 N–H and O–H groups in total. The van der Waals surface area contributed by atoms with Crippen LogP contribution in [0.4, 0.5) is 17.2 Å². The summed E-state index contributed by atoms with van der Waals surface area (Å²) < 4.78 is 5.44. The third-order valence-electron chi connectivity index (χ3n) is 5.26. The number of nitrogens with one attached hydrogen (secondary N) is 2. The van der Waals surface area contributed by atoms with Crippen molar-refractivity contribution < 1.29 is 9.21 Å². The van der Waals surface area contributed by atoms with Crippen LogP contribution in [-0.2, 0) is 4.79 Å². The smallest absolute Gasteiger partial charge is 0.219 e. The van der Waals surface area contributed by atoms with Crippen molar-refractivity contribution in [2.75, 3.05) is 36.4 Å². The Morgan fingerprint density at radius 2 is 1.90 bits per heavy atom. The second-order valence-electron chi connectivity index (χ2n) is 7.17. The fourth-order valence-electron chi connectivity index (χ4n) is 3.62. The summed E-state index contributed by atoms with van der Waals surface area (Å²) in [6, 6.07) is 11.8. The molecule has 1 aliphatic rings. The van der Waals surface area contributed by atoms with Gasteiger partial charge in [0.25, 0.3) is 0 Å². The quantitative estimate of drug-likeness (QED) is 0.540. The van der Waals surface area contributed by atoms with Crippen molar-refractivity contribution in [3.63, 3.8) is 0 Å². The number of carbonyl (C=O) groups excluding carboxylic acids is 1. The molecule has 30 heavy (non-hydrogen) atoms. The van der Waals surface area contributed by atoms with Crippen molar-refractivity contribution in [2.24, 2.45) is 0 Å². The van der Waals surface area contributed by atoms with Crippen LogP contribution >= 0.6 is 0 Å². The summed E-state index contributed by atoms with van der Waals surface area (Å²) in [5, 5.41) is 10.4. The second-order valence-corrected chi connectivity index (χ2v) is 7.17. The van der Waals surface area contributed by atoms with Gasteiger partial charge in [-0.05, 0) is 36.4 Å². The van der Waals surface area contributed by atoms with Gasteiger partial charge in [0.2, 0.25) is 5.91 Å². The first kappa shape index (κ1) is 18.2. The largest absolute Gasteiger partial charge is 0.461 e. The molecule has 3 aromatic heterocycles. The van der Waals surface area contributed by atoms with E-state index in [1.807, 2.05) is 23.1 Å². The van der Waals surface area contributed by atoms with Gasteiger partial charge < -0.3 is 19.5 Å². The minimum Gasteiger partial charge on any atom is -0.461 e. The number of H-pyrrole nitrogens is 1. The lowest BCUT2D eigenvalue weighted by atomic mass is 10.2. The Bertz CT molecular complexity index is 1160. The molecule has 1 amide bonds. The van der Waals surface area contributed by atoms with E-state index in [9.17, 15) is 4.79 Å². The Morgan fingerprint density at radius 3 is 2.60 bits per heavy atom. The number of aromatic amines is 1. The monoisotopic (exact) mass is 403 g/mol. The maximum atomic E-state index is 11.5. The van der Waals surface area contributed by atoms with Crippen molar-refractivity contribution in [1.29, 1.82) is 0 Å². The summed E-state index contributed by atoms with van der Waals surface area (Å²) in [5.74, 6) is 1.86. The summed E-state index contributed by atoms with van der Waals surface area (Å²) in [6.45, 7) is 4.80. The summed E-state index contributed by atoms with van der Waals surface area (Å²) in [5.41, 5.74) is 3.48. The SMILES string of the molecule is CC(=O)N1CCN(c2ccc(Nc3nc(-c4ccco4)nc4cn[nH]c34)cc2)CC1. The molecular formula is C21H21N7O2. The fraction of sp³-hybridized carbons (Fsp3) is 0.238. The average molecular weight is 403 g/mol. The van der Waals surface area contributed by atoms with E-state index in [2.05, 4.69) is 42.5 Å². The number of rotatable bonds is 4. The molecule has 152 valence electrons. The molecule has 1 saturated heterocycles. The first-order chi connectivity index (χ1) is 14.7. The number of hydrogen-bond donors (Lipinski definition) is 2. The average Bonchev–Trinajstić information content (AvgIpc) is 3.46. The van der Waals surface area contributed by atoms with Gasteiger partial charge >= 0.3 is 0 Å². The fourth-order valence-corrected chi connectivity index (χ4v) is 3.62. The zero-order valence-electron chi connectivity index (χ0n) is 16.5. The number of benzene rings is 1. The zero-order chi connectivity index (χ0) is 20.5. The second kappa shape index (κ2) is 7.51. The molecule has 4 aromatic rings. The molecule has 0 unspecified atom stereocenters. The van der Waals surface area contributed by atoms with Crippen LogP contribution in [0, 0.1) is 0 Å². The first-order valence-electron chi connectivity index (χ1n) is 9.80. The first-order valence-corrected chi connectivity index (χ1v) is 9.80. The molecule has 1 aromatic carbocycles. The van der Waals surface area contributed by atoms with Crippen molar-refractivity contribution in [2.45, 2.75) is 6.92 Å². The minimum atomic E-state index is 0.137. The maximum absolute atomic E-state index is 11.5. The number of aromatic nitrogens is 4. The number of nitrogens with zero attached hydrogens (tertiary/aromatic N) is 5. The number of anilines is 3. The van der Waals surface area contributed by atoms with Gasteiger partial charge in [0, 0.05) is 44.5 Å². The van der Waals surface area contributed by atoms with Crippen LogP contribution in [0.2, 0.25) is 0 Å². The molecule has 1 fully saturated rings. The minimum absolute atomic E-state index is 0.137. The summed E-state index contributed by atoms with van der Waals surface area (Å²) in [6.07, 6.45) is 3.26. The van der Waals surface area contributed by atoms with E-state index in [0.717, 1.165) is 43.1 Å². The van der Waals surface area contributed by atoms with E-state index >= 15 is 0 Å². The number of furan rings is 1. The van der Waals surface area contributed by atoms with E-state index in [4.69, 9.17) is 4.42 Å². The van der Waals surface area contributed by atoms with E-state index in [1.54, 1.807) is 25.5 Å². The maximum Gasteiger partial charge on any atom is 0.219 e. The van der Waals surface area contributed by atoms with Crippen LogP contribution in [0.1, 0.15) is 6.92 Å². The third kappa shape index (κ3) is 3.45. The van der Waals surface area contributed by atoms with Gasteiger partial charge in [-0.1, -0.05) is 0 Å². The van der Waals surface area contributed by atoms with Crippen LogP contribution in [0.25, 0.3) is 22.6 Å². The summed E-state index contributed by atoms with van der Waals surface area (Å²) in [7, 11) is 0. The Kier molecular flexibility index (Phi) is 4.55. The molecule has 4 heterocycles. The van der Waals surface area contributed by atoms with Crippen molar-refractivity contribution in [3.8, 4) is 11.6 Å². The lowest BCUT2D eigenvalue weighted by molar-refractivity contribution is -0.129. The Balaban J connectivity index is 1.36. The van der Waals surface area contributed by atoms with Crippen LogP contribution in [0.5, 0.6) is 0 Å². The van der Waals surface area contributed by atoms with Gasteiger partial charge in [-0.15, -0.1) is 0 Å². The number of carbonyl (C=O) groups is 1. The normalized spacial score (nSPS) is 14.3. The highest BCUT2D eigenvalue weighted by Crippen LogP contribution is 2.27. The lowest BCUT2D eigenvalue weighted by Crippen LogP contribution is -2.48. The topological polar surface area (TPSA) is 103 Å². The van der Waals surface area contributed by atoms with E-state index in [1.165, 1.54) is 0 Å². The molecule has 5 rings (SSSR count). The predicted molar refractivity (Wildman–Crippen MR) is 114 cm³/mol. The highest BCUT2D eigenvalue weighted by Gasteiger charge is 2.19. The molecule has 0 saturated carbocycles.